The monoisotopic (exact) mass is 284 g/mol. The molecule has 0 bridgehead atoms. The number of hydrogen-bond donors (Lipinski definition) is 2. The van der Waals surface area contributed by atoms with Crippen LogP contribution in [0.2, 0.25) is 0 Å². The molecule has 1 aliphatic carbocycles. The number of hydrogen-bond acceptors (Lipinski definition) is 2. The van der Waals surface area contributed by atoms with Crippen LogP contribution in [0.4, 0.5) is 4.79 Å². The summed E-state index contributed by atoms with van der Waals surface area (Å²) in [7, 11) is 0. The number of rotatable bonds is 3. The Morgan fingerprint density at radius 3 is 2.00 bits per heavy atom. The first kappa shape index (κ1) is 16.8. The fourth-order valence-electron chi connectivity index (χ4n) is 2.99. The van der Waals surface area contributed by atoms with Crippen molar-refractivity contribution in [3.8, 4) is 0 Å². The van der Waals surface area contributed by atoms with E-state index in [4.69, 9.17) is 0 Å². The highest BCUT2D eigenvalue weighted by Gasteiger charge is 2.36. The third-order valence-corrected chi connectivity index (χ3v) is 3.79. The van der Waals surface area contributed by atoms with E-state index >= 15 is 0 Å². The van der Waals surface area contributed by atoms with Crippen LogP contribution < -0.4 is 5.32 Å². The van der Waals surface area contributed by atoms with E-state index in [0.29, 0.717) is 0 Å². The van der Waals surface area contributed by atoms with Crippen molar-refractivity contribution in [2.24, 2.45) is 5.92 Å². The summed E-state index contributed by atoms with van der Waals surface area (Å²) in [6, 6.07) is 0.181. The molecule has 5 nitrogen and oxygen atoms in total. The standard InChI is InChI=1S/C15H28N2O3/c1-10(2)16-13(18)11-6-8-12(9-7-11)17(14(19)20)15(3,4)5/h10-12H,6-9H2,1-5H3,(H,16,18)(H,19,20). The van der Waals surface area contributed by atoms with Gasteiger partial charge in [-0.05, 0) is 60.3 Å². The average Bonchev–Trinajstić information content (AvgIpc) is 2.26. The highest BCUT2D eigenvalue weighted by Crippen LogP contribution is 2.31. The van der Waals surface area contributed by atoms with E-state index in [1.54, 1.807) is 4.90 Å². The Kier molecular flexibility index (Phi) is 5.42. The van der Waals surface area contributed by atoms with E-state index in [1.165, 1.54) is 0 Å². The van der Waals surface area contributed by atoms with Crippen LogP contribution in [0, 0.1) is 5.92 Å². The molecule has 5 heteroatoms. The lowest BCUT2D eigenvalue weighted by molar-refractivity contribution is -0.126. The molecule has 20 heavy (non-hydrogen) atoms. The topological polar surface area (TPSA) is 69.6 Å². The predicted octanol–water partition coefficient (Wildman–Crippen LogP) is 2.85. The van der Waals surface area contributed by atoms with Gasteiger partial charge < -0.3 is 15.3 Å². The lowest BCUT2D eigenvalue weighted by atomic mass is 9.83. The average molecular weight is 284 g/mol. The van der Waals surface area contributed by atoms with Crippen LogP contribution >= 0.6 is 0 Å². The minimum atomic E-state index is -0.868. The molecule has 0 spiro atoms. The van der Waals surface area contributed by atoms with Crippen molar-refractivity contribution >= 4 is 12.0 Å². The van der Waals surface area contributed by atoms with Gasteiger partial charge in [0.25, 0.3) is 0 Å². The summed E-state index contributed by atoms with van der Waals surface area (Å²) in [5.41, 5.74) is -0.399. The zero-order chi connectivity index (χ0) is 15.5. The molecule has 0 aromatic carbocycles. The van der Waals surface area contributed by atoms with E-state index in [9.17, 15) is 14.7 Å². The third kappa shape index (κ3) is 4.39. The first-order valence-electron chi connectivity index (χ1n) is 7.45. The molecule has 1 fully saturated rings. The summed E-state index contributed by atoms with van der Waals surface area (Å²) >= 11 is 0. The number of nitrogens with zero attached hydrogens (tertiary/aromatic N) is 1. The van der Waals surface area contributed by atoms with Gasteiger partial charge in [0.2, 0.25) is 5.91 Å². The van der Waals surface area contributed by atoms with Gasteiger partial charge in [0.1, 0.15) is 0 Å². The molecule has 1 aliphatic rings. The molecule has 0 aliphatic heterocycles. The van der Waals surface area contributed by atoms with Crippen molar-refractivity contribution in [3.05, 3.63) is 0 Å². The Bertz CT molecular complexity index is 353. The van der Waals surface area contributed by atoms with Crippen LogP contribution in [0.5, 0.6) is 0 Å². The summed E-state index contributed by atoms with van der Waals surface area (Å²) in [4.78, 5) is 25.0. The van der Waals surface area contributed by atoms with Gasteiger partial charge in [-0.15, -0.1) is 0 Å². The largest absolute Gasteiger partial charge is 0.465 e. The second kappa shape index (κ2) is 6.46. The van der Waals surface area contributed by atoms with Crippen molar-refractivity contribution in [2.45, 2.75) is 77.9 Å². The smallest absolute Gasteiger partial charge is 0.407 e. The molecule has 0 radical (unpaired) electrons. The third-order valence-electron chi connectivity index (χ3n) is 3.79. The molecule has 0 aromatic rings. The SMILES string of the molecule is CC(C)NC(=O)C1CCC(N(C(=O)O)C(C)(C)C)CC1. The number of carbonyl (C=O) groups is 2. The molecule has 2 amide bonds. The van der Waals surface area contributed by atoms with Crippen molar-refractivity contribution < 1.29 is 14.7 Å². The van der Waals surface area contributed by atoms with Crippen molar-refractivity contribution in [1.29, 1.82) is 0 Å². The molecule has 0 heterocycles. The molecule has 116 valence electrons. The van der Waals surface area contributed by atoms with E-state index in [0.717, 1.165) is 25.7 Å². The molecule has 1 saturated carbocycles. The molecule has 1 rings (SSSR count). The molecule has 0 saturated heterocycles. The zero-order valence-corrected chi connectivity index (χ0v) is 13.3. The van der Waals surface area contributed by atoms with Gasteiger partial charge in [0, 0.05) is 23.5 Å². The maximum atomic E-state index is 12.0. The van der Waals surface area contributed by atoms with Crippen LogP contribution in [0.1, 0.15) is 60.3 Å². The minimum Gasteiger partial charge on any atom is -0.465 e. The molecular weight excluding hydrogens is 256 g/mol. The van der Waals surface area contributed by atoms with Gasteiger partial charge in [0.15, 0.2) is 0 Å². The first-order valence-corrected chi connectivity index (χ1v) is 7.45. The van der Waals surface area contributed by atoms with Crippen LogP contribution in [-0.2, 0) is 4.79 Å². The summed E-state index contributed by atoms with van der Waals surface area (Å²) in [6.45, 7) is 9.65. The molecule has 0 unspecified atom stereocenters. The van der Waals surface area contributed by atoms with E-state index in [-0.39, 0.29) is 23.9 Å². The Labute approximate surface area is 121 Å². The van der Waals surface area contributed by atoms with Crippen LogP contribution in [0.3, 0.4) is 0 Å². The van der Waals surface area contributed by atoms with Gasteiger partial charge in [-0.1, -0.05) is 0 Å². The first-order chi connectivity index (χ1) is 9.12. The van der Waals surface area contributed by atoms with Crippen LogP contribution in [0.15, 0.2) is 0 Å². The summed E-state index contributed by atoms with van der Waals surface area (Å²) < 4.78 is 0. The van der Waals surface area contributed by atoms with Crippen molar-refractivity contribution in [1.82, 2.24) is 10.2 Å². The van der Waals surface area contributed by atoms with Crippen molar-refractivity contribution in [3.63, 3.8) is 0 Å². The zero-order valence-electron chi connectivity index (χ0n) is 13.3. The number of amides is 2. The Hall–Kier alpha value is -1.26. The molecule has 0 atom stereocenters. The minimum absolute atomic E-state index is 0.0237. The van der Waals surface area contributed by atoms with Gasteiger partial charge in [0.05, 0.1) is 0 Å². The van der Waals surface area contributed by atoms with Gasteiger partial charge in [-0.2, -0.15) is 0 Å². The number of carboxylic acid groups (broad SMARTS) is 1. The van der Waals surface area contributed by atoms with E-state index in [1.807, 2.05) is 34.6 Å². The summed E-state index contributed by atoms with van der Waals surface area (Å²) in [6.07, 6.45) is 2.19. The maximum absolute atomic E-state index is 12.0. The Morgan fingerprint density at radius 2 is 1.65 bits per heavy atom. The van der Waals surface area contributed by atoms with Gasteiger partial charge in [-0.3, -0.25) is 4.79 Å². The predicted molar refractivity (Wildman–Crippen MR) is 78.6 cm³/mol. The quantitative estimate of drug-likeness (QED) is 0.837. The number of nitrogens with one attached hydrogen (secondary N) is 1. The normalized spacial score (nSPS) is 23.5. The van der Waals surface area contributed by atoms with Gasteiger partial charge >= 0.3 is 6.09 Å². The lowest BCUT2D eigenvalue weighted by Crippen LogP contribution is -2.52. The second-order valence-electron chi connectivity index (χ2n) is 6.99. The lowest BCUT2D eigenvalue weighted by Gasteiger charge is -2.42. The molecule has 0 aromatic heterocycles. The summed E-state index contributed by atoms with van der Waals surface area (Å²) in [5, 5.41) is 12.3. The fraction of sp³-hybridized carbons (Fsp3) is 0.867. The number of carbonyl (C=O) groups excluding carboxylic acids is 1. The van der Waals surface area contributed by atoms with Crippen molar-refractivity contribution in [2.75, 3.05) is 0 Å². The Morgan fingerprint density at radius 1 is 1.15 bits per heavy atom. The Balaban J connectivity index is 2.61. The van der Waals surface area contributed by atoms with Gasteiger partial charge in [-0.25, -0.2) is 4.79 Å². The highest BCUT2D eigenvalue weighted by atomic mass is 16.4. The maximum Gasteiger partial charge on any atom is 0.407 e. The van der Waals surface area contributed by atoms with Crippen LogP contribution in [-0.4, -0.2) is 39.6 Å². The highest BCUT2D eigenvalue weighted by molar-refractivity contribution is 5.79. The molecular formula is C15H28N2O3. The fourth-order valence-corrected chi connectivity index (χ4v) is 2.99. The van der Waals surface area contributed by atoms with Crippen LogP contribution in [0.25, 0.3) is 0 Å². The van der Waals surface area contributed by atoms with E-state index < -0.39 is 11.6 Å². The van der Waals surface area contributed by atoms with E-state index in [2.05, 4.69) is 5.32 Å². The second-order valence-corrected chi connectivity index (χ2v) is 6.99. The summed E-state index contributed by atoms with van der Waals surface area (Å²) in [5.74, 6) is 0.139. The molecule has 2 N–H and O–H groups in total.